The highest BCUT2D eigenvalue weighted by molar-refractivity contribution is 5.84. The van der Waals surface area contributed by atoms with E-state index in [1.165, 1.54) is 43.5 Å². The third-order valence-electron chi connectivity index (χ3n) is 5.38. The number of carboxylic acids is 1. The summed E-state index contributed by atoms with van der Waals surface area (Å²) in [5.41, 5.74) is -3.59. The number of nitrogens with zero attached hydrogens (tertiary/aromatic N) is 3. The van der Waals surface area contributed by atoms with E-state index in [9.17, 15) is 32.7 Å². The van der Waals surface area contributed by atoms with Gasteiger partial charge >= 0.3 is 17.8 Å². The minimum atomic E-state index is -4.60. The number of halogens is 3. The molecule has 0 aliphatic heterocycles. The molecular weight excluding hydrogens is 431 g/mol. The molecule has 0 unspecified atom stereocenters. The lowest BCUT2D eigenvalue weighted by atomic mass is 10.0. The van der Waals surface area contributed by atoms with Crippen molar-refractivity contribution in [3.63, 3.8) is 0 Å². The van der Waals surface area contributed by atoms with E-state index in [0.717, 1.165) is 10.7 Å². The second-order valence-electron chi connectivity index (χ2n) is 7.15. The van der Waals surface area contributed by atoms with Crippen LogP contribution in [-0.2, 0) is 12.6 Å². The number of aromatic carboxylic acids is 1. The zero-order valence-electron chi connectivity index (χ0n) is 16.6. The van der Waals surface area contributed by atoms with Gasteiger partial charge in [0.25, 0.3) is 5.56 Å². The van der Waals surface area contributed by atoms with E-state index in [1.807, 2.05) is 0 Å². The van der Waals surface area contributed by atoms with Gasteiger partial charge in [0, 0.05) is 0 Å². The van der Waals surface area contributed by atoms with Gasteiger partial charge in [0.1, 0.15) is 5.75 Å². The Balaban J connectivity index is 1.95. The molecule has 0 bridgehead atoms. The molecule has 1 aliphatic carbocycles. The Kier molecular flexibility index (Phi) is 5.11. The highest BCUT2D eigenvalue weighted by Gasteiger charge is 2.38. The lowest BCUT2D eigenvalue weighted by Crippen LogP contribution is -2.45. The normalized spacial score (nSPS) is 15.4. The van der Waals surface area contributed by atoms with Crippen LogP contribution in [0.3, 0.4) is 0 Å². The van der Waals surface area contributed by atoms with Crippen molar-refractivity contribution in [2.45, 2.75) is 25.1 Å². The fourth-order valence-corrected chi connectivity index (χ4v) is 3.96. The second-order valence-corrected chi connectivity index (χ2v) is 7.15. The van der Waals surface area contributed by atoms with Crippen LogP contribution in [0.2, 0.25) is 0 Å². The van der Waals surface area contributed by atoms with Gasteiger partial charge in [-0.3, -0.25) is 4.79 Å². The Morgan fingerprint density at radius 1 is 1.16 bits per heavy atom. The van der Waals surface area contributed by atoms with Gasteiger partial charge in [-0.15, -0.1) is 0 Å². The third kappa shape index (κ3) is 3.45. The van der Waals surface area contributed by atoms with Gasteiger partial charge in [0.2, 0.25) is 5.69 Å². The van der Waals surface area contributed by atoms with Crippen LogP contribution < -0.4 is 16.0 Å². The average molecular weight is 447 g/mol. The van der Waals surface area contributed by atoms with Crippen LogP contribution in [0, 0.1) is 0 Å². The van der Waals surface area contributed by atoms with E-state index in [2.05, 4.69) is 5.10 Å². The fourth-order valence-electron chi connectivity index (χ4n) is 3.96. The zero-order chi connectivity index (χ0) is 23.2. The summed E-state index contributed by atoms with van der Waals surface area (Å²) in [6, 6.07) is 8.40. The maximum absolute atomic E-state index is 13.4. The number of rotatable bonds is 4. The first-order chi connectivity index (χ1) is 15.1. The summed E-state index contributed by atoms with van der Waals surface area (Å²) in [6.45, 7) is 0. The highest BCUT2D eigenvalue weighted by atomic mass is 19.4. The van der Waals surface area contributed by atoms with Crippen LogP contribution in [0.1, 0.15) is 39.6 Å². The van der Waals surface area contributed by atoms with Gasteiger partial charge in [0.15, 0.2) is 0 Å². The van der Waals surface area contributed by atoms with E-state index in [-0.39, 0.29) is 29.7 Å². The van der Waals surface area contributed by atoms with E-state index < -0.39 is 40.7 Å². The summed E-state index contributed by atoms with van der Waals surface area (Å²) in [7, 11) is 1.44. The molecule has 4 rings (SSSR count). The molecule has 1 heterocycles. The van der Waals surface area contributed by atoms with Crippen molar-refractivity contribution >= 4 is 5.97 Å². The quantitative estimate of drug-likeness (QED) is 0.660. The molecule has 0 fully saturated rings. The number of carboxylic acid groups (broad SMARTS) is 1. The SMILES string of the molecule is COc1ccc(-n2nc(C(=O)O)c(=O)n([C@@H]3CCc4c3cccc4C(F)(F)F)c2=O)cc1. The zero-order valence-corrected chi connectivity index (χ0v) is 16.6. The van der Waals surface area contributed by atoms with Gasteiger partial charge in [-0.05, 0) is 54.3 Å². The first kappa shape index (κ1) is 21.3. The molecule has 1 aromatic heterocycles. The molecule has 0 amide bonds. The molecule has 1 atom stereocenters. The van der Waals surface area contributed by atoms with E-state index in [1.54, 1.807) is 0 Å². The van der Waals surface area contributed by atoms with Crippen molar-refractivity contribution in [3.05, 3.63) is 85.7 Å². The summed E-state index contributed by atoms with van der Waals surface area (Å²) in [6.07, 6.45) is -4.59. The summed E-state index contributed by atoms with van der Waals surface area (Å²) >= 11 is 0. The Hall–Kier alpha value is -3.89. The van der Waals surface area contributed by atoms with Crippen LogP contribution in [0.25, 0.3) is 5.69 Å². The molecule has 1 aliphatic rings. The number of alkyl halides is 3. The summed E-state index contributed by atoms with van der Waals surface area (Å²) in [5, 5.41) is 13.2. The Bertz CT molecular complexity index is 1330. The van der Waals surface area contributed by atoms with Crippen molar-refractivity contribution in [2.24, 2.45) is 0 Å². The van der Waals surface area contributed by atoms with Gasteiger partial charge < -0.3 is 9.84 Å². The van der Waals surface area contributed by atoms with E-state index >= 15 is 0 Å². The Morgan fingerprint density at radius 3 is 2.44 bits per heavy atom. The van der Waals surface area contributed by atoms with Gasteiger partial charge in [-0.1, -0.05) is 12.1 Å². The van der Waals surface area contributed by atoms with Gasteiger partial charge in [-0.2, -0.15) is 23.0 Å². The second kappa shape index (κ2) is 7.66. The molecule has 0 spiro atoms. The molecule has 32 heavy (non-hydrogen) atoms. The maximum Gasteiger partial charge on any atom is 0.416 e. The van der Waals surface area contributed by atoms with Crippen molar-refractivity contribution in [2.75, 3.05) is 7.11 Å². The first-order valence-electron chi connectivity index (χ1n) is 9.46. The Morgan fingerprint density at radius 2 is 1.84 bits per heavy atom. The molecule has 3 aromatic rings. The molecule has 1 N–H and O–H groups in total. The smallest absolute Gasteiger partial charge is 0.416 e. The standard InChI is InChI=1S/C21H16F3N3O5/c1-32-12-7-5-11(6-8-12)27-20(31)26(18(28)17(25-27)19(29)30)16-10-9-13-14(16)3-2-4-15(13)21(22,23)24/h2-8,16H,9-10H2,1H3,(H,29,30)/t16-/m1/s1. The number of aromatic nitrogens is 3. The topological polar surface area (TPSA) is 103 Å². The number of fused-ring (bicyclic) bond motifs is 1. The average Bonchev–Trinajstić information content (AvgIpc) is 3.17. The molecule has 0 saturated carbocycles. The lowest BCUT2D eigenvalue weighted by molar-refractivity contribution is -0.138. The predicted molar refractivity (Wildman–Crippen MR) is 106 cm³/mol. The monoisotopic (exact) mass is 447 g/mol. The van der Waals surface area contributed by atoms with Crippen LogP contribution in [-0.4, -0.2) is 32.5 Å². The van der Waals surface area contributed by atoms with Crippen LogP contribution in [0.15, 0.2) is 52.1 Å². The molecule has 166 valence electrons. The summed E-state index contributed by atoms with van der Waals surface area (Å²) in [4.78, 5) is 37.7. The van der Waals surface area contributed by atoms with Crippen molar-refractivity contribution < 1.29 is 27.8 Å². The predicted octanol–water partition coefficient (Wildman–Crippen LogP) is 2.66. The molecule has 8 nitrogen and oxygen atoms in total. The first-order valence-corrected chi connectivity index (χ1v) is 9.46. The maximum atomic E-state index is 13.4. The van der Waals surface area contributed by atoms with Crippen LogP contribution >= 0.6 is 0 Å². The number of benzene rings is 2. The van der Waals surface area contributed by atoms with Gasteiger partial charge in [0.05, 0.1) is 24.4 Å². The molecule has 11 heteroatoms. The number of ether oxygens (including phenoxy) is 1. The van der Waals surface area contributed by atoms with E-state index in [0.29, 0.717) is 10.3 Å². The van der Waals surface area contributed by atoms with Crippen molar-refractivity contribution in [1.29, 1.82) is 0 Å². The highest BCUT2D eigenvalue weighted by Crippen LogP contribution is 2.41. The summed E-state index contributed by atoms with van der Waals surface area (Å²) in [5.74, 6) is -1.19. The minimum Gasteiger partial charge on any atom is -0.497 e. The lowest BCUT2D eigenvalue weighted by Gasteiger charge is -2.18. The minimum absolute atomic E-state index is 0.0130. The molecule has 0 radical (unpaired) electrons. The number of hydrogen-bond donors (Lipinski definition) is 1. The van der Waals surface area contributed by atoms with E-state index in [4.69, 9.17) is 4.74 Å². The number of hydrogen-bond acceptors (Lipinski definition) is 5. The fraction of sp³-hybridized carbons (Fsp3) is 0.238. The largest absolute Gasteiger partial charge is 0.497 e. The van der Waals surface area contributed by atoms with Crippen LogP contribution in [0.5, 0.6) is 5.75 Å². The third-order valence-corrected chi connectivity index (χ3v) is 5.38. The number of carbonyl (C=O) groups is 1. The van der Waals surface area contributed by atoms with Crippen molar-refractivity contribution in [3.8, 4) is 11.4 Å². The molecular formula is C21H16F3N3O5. The Labute approximate surface area is 178 Å². The van der Waals surface area contributed by atoms with Gasteiger partial charge in [-0.25, -0.2) is 14.2 Å². The molecule has 2 aromatic carbocycles. The van der Waals surface area contributed by atoms with Crippen molar-refractivity contribution in [1.82, 2.24) is 14.3 Å². The number of methoxy groups -OCH3 is 1. The molecule has 0 saturated heterocycles. The summed E-state index contributed by atoms with van der Waals surface area (Å²) < 4.78 is 46.7. The van der Waals surface area contributed by atoms with Crippen LogP contribution in [0.4, 0.5) is 13.2 Å².